The molecule has 0 radical (unpaired) electrons. The summed E-state index contributed by atoms with van der Waals surface area (Å²) in [5.41, 5.74) is 1.23. The molecule has 1 amide bonds. The van der Waals surface area contributed by atoms with Crippen molar-refractivity contribution in [2.24, 2.45) is 0 Å². The van der Waals surface area contributed by atoms with Gasteiger partial charge in [0.1, 0.15) is 18.5 Å². The molecule has 130 valence electrons. The number of oxazole rings is 1. The Kier molecular flexibility index (Phi) is 5.75. The first-order valence-electron chi connectivity index (χ1n) is 7.56. The van der Waals surface area contributed by atoms with Crippen LogP contribution in [0.25, 0.3) is 10.8 Å². The largest absolute Gasteiger partial charge is 0.443 e. The SMILES string of the molecule is C[NH+](CC(=O)Nc1c(Cl)cccc1Cl)Cc1coc(-c2cccs2)n1. The Morgan fingerprint density at radius 2 is 2.04 bits per heavy atom. The van der Waals surface area contributed by atoms with Crippen LogP contribution >= 0.6 is 34.5 Å². The van der Waals surface area contributed by atoms with Gasteiger partial charge in [-0.1, -0.05) is 35.3 Å². The molecule has 3 aromatic rings. The van der Waals surface area contributed by atoms with Crippen molar-refractivity contribution >= 4 is 46.1 Å². The summed E-state index contributed by atoms with van der Waals surface area (Å²) in [6.07, 6.45) is 1.63. The molecule has 0 aliphatic rings. The molecular formula is C17H16Cl2N3O2S+. The zero-order valence-corrected chi connectivity index (χ0v) is 15.7. The highest BCUT2D eigenvalue weighted by atomic mass is 35.5. The number of quaternary nitrogens is 1. The van der Waals surface area contributed by atoms with Crippen LogP contribution in [-0.4, -0.2) is 24.5 Å². The van der Waals surface area contributed by atoms with E-state index in [1.807, 2.05) is 24.6 Å². The summed E-state index contributed by atoms with van der Waals surface area (Å²) in [5.74, 6) is 0.430. The number of halogens is 2. The van der Waals surface area contributed by atoms with E-state index in [-0.39, 0.29) is 12.5 Å². The zero-order valence-electron chi connectivity index (χ0n) is 13.4. The Morgan fingerprint density at radius 1 is 1.28 bits per heavy atom. The number of rotatable bonds is 6. The van der Waals surface area contributed by atoms with Crippen LogP contribution in [0.1, 0.15) is 5.69 Å². The molecule has 2 heterocycles. The van der Waals surface area contributed by atoms with Crippen LogP contribution < -0.4 is 10.2 Å². The Labute approximate surface area is 159 Å². The highest BCUT2D eigenvalue weighted by molar-refractivity contribution is 7.13. The van der Waals surface area contributed by atoms with Crippen LogP contribution in [0, 0.1) is 0 Å². The highest BCUT2D eigenvalue weighted by Crippen LogP contribution is 2.29. The average molecular weight is 397 g/mol. The lowest BCUT2D eigenvalue weighted by molar-refractivity contribution is -0.885. The first-order chi connectivity index (χ1) is 12.0. The molecule has 1 aromatic carbocycles. The number of benzene rings is 1. The van der Waals surface area contributed by atoms with Crippen molar-refractivity contribution in [1.29, 1.82) is 0 Å². The maximum atomic E-state index is 12.2. The van der Waals surface area contributed by atoms with Gasteiger partial charge in [-0.2, -0.15) is 0 Å². The summed E-state index contributed by atoms with van der Waals surface area (Å²) < 4.78 is 5.49. The fourth-order valence-corrected chi connectivity index (χ4v) is 3.50. The van der Waals surface area contributed by atoms with E-state index in [2.05, 4.69) is 10.3 Å². The van der Waals surface area contributed by atoms with Gasteiger partial charge in [-0.05, 0) is 23.6 Å². The summed E-state index contributed by atoms with van der Waals surface area (Å²) in [6, 6.07) is 9.00. The van der Waals surface area contributed by atoms with Gasteiger partial charge in [0.25, 0.3) is 5.91 Å². The number of carbonyl (C=O) groups is 1. The number of amides is 1. The molecule has 0 saturated carbocycles. The molecule has 2 aromatic heterocycles. The minimum Gasteiger partial charge on any atom is -0.443 e. The van der Waals surface area contributed by atoms with E-state index in [0.717, 1.165) is 15.5 Å². The highest BCUT2D eigenvalue weighted by Gasteiger charge is 2.16. The minimum absolute atomic E-state index is 0.172. The van der Waals surface area contributed by atoms with E-state index in [0.29, 0.717) is 28.2 Å². The van der Waals surface area contributed by atoms with Crippen molar-refractivity contribution in [2.75, 3.05) is 18.9 Å². The number of para-hydroxylation sites is 1. The first kappa shape index (κ1) is 17.9. The fourth-order valence-electron chi connectivity index (χ4n) is 2.35. The molecular weight excluding hydrogens is 381 g/mol. The second-order valence-corrected chi connectivity index (χ2v) is 7.34. The van der Waals surface area contributed by atoms with E-state index >= 15 is 0 Å². The van der Waals surface area contributed by atoms with Gasteiger partial charge in [-0.3, -0.25) is 4.79 Å². The molecule has 0 saturated heterocycles. The molecule has 2 N–H and O–H groups in total. The topological polar surface area (TPSA) is 59.6 Å². The van der Waals surface area contributed by atoms with Gasteiger partial charge in [-0.25, -0.2) is 4.98 Å². The van der Waals surface area contributed by atoms with Gasteiger partial charge in [0.15, 0.2) is 6.54 Å². The number of nitrogens with one attached hydrogen (secondary N) is 2. The first-order valence-corrected chi connectivity index (χ1v) is 9.20. The van der Waals surface area contributed by atoms with Crippen molar-refractivity contribution in [3.8, 4) is 10.8 Å². The molecule has 1 unspecified atom stereocenters. The number of thiophene rings is 1. The van der Waals surface area contributed by atoms with Crippen LogP contribution in [0.4, 0.5) is 5.69 Å². The van der Waals surface area contributed by atoms with Gasteiger partial charge in [0, 0.05) is 0 Å². The lowest BCUT2D eigenvalue weighted by Crippen LogP contribution is -3.08. The average Bonchev–Trinajstić information content (AvgIpc) is 3.22. The predicted octanol–water partition coefficient (Wildman–Crippen LogP) is 3.36. The number of anilines is 1. The summed E-state index contributed by atoms with van der Waals surface area (Å²) in [5, 5.41) is 5.56. The van der Waals surface area contributed by atoms with Crippen LogP contribution in [-0.2, 0) is 11.3 Å². The lowest BCUT2D eigenvalue weighted by Gasteiger charge is -2.13. The summed E-state index contributed by atoms with van der Waals surface area (Å²) in [6.45, 7) is 0.821. The summed E-state index contributed by atoms with van der Waals surface area (Å²) >= 11 is 13.7. The van der Waals surface area contributed by atoms with E-state index in [9.17, 15) is 4.79 Å². The Hall–Kier alpha value is -1.86. The molecule has 3 rings (SSSR count). The van der Waals surface area contributed by atoms with E-state index in [1.54, 1.807) is 35.8 Å². The third-order valence-corrected chi connectivity index (χ3v) is 4.94. The number of aromatic nitrogens is 1. The number of hydrogen-bond donors (Lipinski definition) is 2. The number of carbonyl (C=O) groups excluding carboxylic acids is 1. The number of hydrogen-bond acceptors (Lipinski definition) is 4. The second kappa shape index (κ2) is 8.01. The quantitative estimate of drug-likeness (QED) is 0.671. The summed E-state index contributed by atoms with van der Waals surface area (Å²) in [4.78, 5) is 18.6. The molecule has 1 atom stereocenters. The maximum absolute atomic E-state index is 12.2. The van der Waals surface area contributed by atoms with E-state index < -0.39 is 0 Å². The Balaban J connectivity index is 1.57. The van der Waals surface area contributed by atoms with E-state index in [4.69, 9.17) is 27.6 Å². The van der Waals surface area contributed by atoms with Crippen LogP contribution in [0.2, 0.25) is 10.0 Å². The maximum Gasteiger partial charge on any atom is 0.279 e. The van der Waals surface area contributed by atoms with Crippen LogP contribution in [0.3, 0.4) is 0 Å². The lowest BCUT2D eigenvalue weighted by atomic mass is 10.3. The van der Waals surface area contributed by atoms with Gasteiger partial charge in [-0.15, -0.1) is 11.3 Å². The third-order valence-electron chi connectivity index (χ3n) is 3.46. The molecule has 8 heteroatoms. The molecule has 0 fully saturated rings. The number of nitrogens with zero attached hydrogens (tertiary/aromatic N) is 1. The molecule has 25 heavy (non-hydrogen) atoms. The molecule has 0 aliphatic heterocycles. The van der Waals surface area contributed by atoms with Crippen molar-refractivity contribution in [1.82, 2.24) is 4.98 Å². The van der Waals surface area contributed by atoms with Crippen LogP contribution in [0.15, 0.2) is 46.4 Å². The van der Waals surface area contributed by atoms with Crippen molar-refractivity contribution in [3.05, 3.63) is 57.7 Å². The van der Waals surface area contributed by atoms with E-state index in [1.165, 1.54) is 0 Å². The second-order valence-electron chi connectivity index (χ2n) is 5.58. The normalized spacial score (nSPS) is 12.1. The van der Waals surface area contributed by atoms with Crippen molar-refractivity contribution < 1.29 is 14.1 Å². The predicted molar refractivity (Wildman–Crippen MR) is 100 cm³/mol. The molecule has 0 aliphatic carbocycles. The molecule has 5 nitrogen and oxygen atoms in total. The Morgan fingerprint density at radius 3 is 2.72 bits per heavy atom. The number of likely N-dealkylation sites (N-methyl/N-ethyl adjacent to an activating group) is 1. The molecule has 0 spiro atoms. The smallest absolute Gasteiger partial charge is 0.279 e. The summed E-state index contributed by atoms with van der Waals surface area (Å²) in [7, 11) is 1.91. The third kappa shape index (κ3) is 4.61. The fraction of sp³-hybridized carbons (Fsp3) is 0.176. The standard InChI is InChI=1S/C17H15Cl2N3O2S/c1-22(8-11-10-24-17(20-11)14-6-3-7-25-14)9-15(23)21-16-12(18)4-2-5-13(16)19/h2-7,10H,8-9H2,1H3,(H,21,23)/p+1. The van der Waals surface area contributed by atoms with Gasteiger partial charge in [0.2, 0.25) is 5.89 Å². The van der Waals surface area contributed by atoms with Crippen molar-refractivity contribution in [2.45, 2.75) is 6.54 Å². The van der Waals surface area contributed by atoms with Crippen molar-refractivity contribution in [3.63, 3.8) is 0 Å². The minimum atomic E-state index is -0.172. The van der Waals surface area contributed by atoms with Gasteiger partial charge in [0.05, 0.1) is 27.7 Å². The Bertz CT molecular complexity index is 844. The zero-order chi connectivity index (χ0) is 17.8. The van der Waals surface area contributed by atoms with Gasteiger partial charge >= 0.3 is 0 Å². The van der Waals surface area contributed by atoms with Crippen LogP contribution in [0.5, 0.6) is 0 Å². The van der Waals surface area contributed by atoms with Gasteiger partial charge < -0.3 is 14.6 Å². The molecule has 0 bridgehead atoms. The monoisotopic (exact) mass is 396 g/mol.